The SMILES string of the molecule is O=S(=O)(NCCCc1ccccc1)c1cccc(C(F)(F)F)c1. The number of halogens is 3. The number of hydrogen-bond donors (Lipinski definition) is 1. The summed E-state index contributed by atoms with van der Waals surface area (Å²) in [5.41, 5.74) is 0.0930. The Kier molecular flexibility index (Phi) is 5.43. The Morgan fingerprint density at radius 2 is 1.65 bits per heavy atom. The van der Waals surface area contributed by atoms with Crippen molar-refractivity contribution in [2.75, 3.05) is 6.54 Å². The summed E-state index contributed by atoms with van der Waals surface area (Å²) < 4.78 is 64.3. The minimum absolute atomic E-state index is 0.160. The van der Waals surface area contributed by atoms with Crippen molar-refractivity contribution in [3.05, 3.63) is 65.7 Å². The van der Waals surface area contributed by atoms with Crippen LogP contribution in [0, 0.1) is 0 Å². The normalized spacial score (nSPS) is 12.3. The molecule has 0 fully saturated rings. The third-order valence-electron chi connectivity index (χ3n) is 3.25. The first-order valence-electron chi connectivity index (χ1n) is 7.00. The Balaban J connectivity index is 1.97. The van der Waals surface area contributed by atoms with Gasteiger partial charge in [-0.05, 0) is 36.6 Å². The topological polar surface area (TPSA) is 46.2 Å². The number of aryl methyl sites for hydroxylation is 1. The Bertz CT molecular complexity index is 743. The second-order valence-electron chi connectivity index (χ2n) is 5.01. The van der Waals surface area contributed by atoms with Gasteiger partial charge in [-0.25, -0.2) is 13.1 Å². The first kappa shape index (κ1) is 17.5. The predicted molar refractivity (Wildman–Crippen MR) is 81.4 cm³/mol. The van der Waals surface area contributed by atoms with Crippen LogP contribution in [-0.2, 0) is 22.6 Å². The van der Waals surface area contributed by atoms with Crippen molar-refractivity contribution in [3.8, 4) is 0 Å². The van der Waals surface area contributed by atoms with Crippen molar-refractivity contribution in [2.24, 2.45) is 0 Å². The minimum atomic E-state index is -4.57. The molecule has 0 unspecified atom stereocenters. The fraction of sp³-hybridized carbons (Fsp3) is 0.250. The van der Waals surface area contributed by atoms with Gasteiger partial charge in [-0.2, -0.15) is 13.2 Å². The van der Waals surface area contributed by atoms with Crippen LogP contribution in [-0.4, -0.2) is 15.0 Å². The van der Waals surface area contributed by atoms with Crippen LogP contribution < -0.4 is 4.72 Å². The summed E-state index contributed by atoms with van der Waals surface area (Å²) in [6.45, 7) is 0.160. The van der Waals surface area contributed by atoms with Crippen LogP contribution >= 0.6 is 0 Å². The zero-order chi connectivity index (χ0) is 16.9. The maximum atomic E-state index is 12.6. The Labute approximate surface area is 133 Å². The highest BCUT2D eigenvalue weighted by atomic mass is 32.2. The van der Waals surface area contributed by atoms with Crippen LogP contribution in [0.3, 0.4) is 0 Å². The largest absolute Gasteiger partial charge is 0.416 e. The first-order valence-corrected chi connectivity index (χ1v) is 8.48. The highest BCUT2D eigenvalue weighted by Gasteiger charge is 2.31. The van der Waals surface area contributed by atoms with Crippen LogP contribution in [0.25, 0.3) is 0 Å². The Hall–Kier alpha value is -1.86. The van der Waals surface area contributed by atoms with Crippen LogP contribution in [0.15, 0.2) is 59.5 Å². The van der Waals surface area contributed by atoms with Gasteiger partial charge in [0.15, 0.2) is 0 Å². The third-order valence-corrected chi connectivity index (χ3v) is 4.71. The lowest BCUT2D eigenvalue weighted by atomic mass is 10.1. The van der Waals surface area contributed by atoms with E-state index in [2.05, 4.69) is 4.72 Å². The summed E-state index contributed by atoms with van der Waals surface area (Å²) in [5.74, 6) is 0. The quantitative estimate of drug-likeness (QED) is 0.815. The van der Waals surface area contributed by atoms with E-state index in [1.165, 1.54) is 0 Å². The van der Waals surface area contributed by atoms with Crippen LogP contribution in [0.4, 0.5) is 13.2 Å². The van der Waals surface area contributed by atoms with E-state index in [0.29, 0.717) is 18.9 Å². The van der Waals surface area contributed by atoms with Crippen LogP contribution in [0.5, 0.6) is 0 Å². The van der Waals surface area contributed by atoms with Crippen molar-refractivity contribution < 1.29 is 21.6 Å². The molecule has 0 amide bonds. The van der Waals surface area contributed by atoms with E-state index >= 15 is 0 Å². The molecule has 2 aromatic rings. The van der Waals surface area contributed by atoms with Crippen molar-refractivity contribution in [1.29, 1.82) is 0 Å². The second-order valence-corrected chi connectivity index (χ2v) is 6.78. The molecule has 0 aliphatic heterocycles. The van der Waals surface area contributed by atoms with Gasteiger partial charge in [0, 0.05) is 6.54 Å². The summed E-state index contributed by atoms with van der Waals surface area (Å²) in [6.07, 6.45) is -3.33. The van der Waals surface area contributed by atoms with E-state index in [4.69, 9.17) is 0 Å². The molecule has 2 rings (SSSR count). The van der Waals surface area contributed by atoms with E-state index < -0.39 is 21.8 Å². The summed E-state index contributed by atoms with van der Waals surface area (Å²) in [7, 11) is -3.95. The summed E-state index contributed by atoms with van der Waals surface area (Å²) >= 11 is 0. The molecule has 3 nitrogen and oxygen atoms in total. The molecule has 7 heteroatoms. The molecule has 0 radical (unpaired) electrons. The van der Waals surface area contributed by atoms with Gasteiger partial charge in [0.1, 0.15) is 0 Å². The highest BCUT2D eigenvalue weighted by Crippen LogP contribution is 2.30. The molecule has 0 bridgehead atoms. The average Bonchev–Trinajstić information content (AvgIpc) is 2.52. The van der Waals surface area contributed by atoms with Crippen molar-refractivity contribution in [1.82, 2.24) is 4.72 Å². The van der Waals surface area contributed by atoms with Crippen molar-refractivity contribution >= 4 is 10.0 Å². The molecule has 124 valence electrons. The Morgan fingerprint density at radius 1 is 0.957 bits per heavy atom. The van der Waals surface area contributed by atoms with Gasteiger partial charge in [0.05, 0.1) is 10.5 Å². The molecule has 0 heterocycles. The van der Waals surface area contributed by atoms with Crippen LogP contribution in [0.2, 0.25) is 0 Å². The van der Waals surface area contributed by atoms with Gasteiger partial charge < -0.3 is 0 Å². The number of nitrogens with one attached hydrogen (secondary N) is 1. The smallest absolute Gasteiger partial charge is 0.211 e. The maximum absolute atomic E-state index is 12.6. The fourth-order valence-electron chi connectivity index (χ4n) is 2.07. The first-order chi connectivity index (χ1) is 10.8. The fourth-order valence-corrected chi connectivity index (χ4v) is 3.19. The predicted octanol–water partition coefficient (Wildman–Crippen LogP) is 3.62. The van der Waals surface area contributed by atoms with Crippen molar-refractivity contribution in [3.63, 3.8) is 0 Å². The molecule has 0 atom stereocenters. The molecule has 0 saturated heterocycles. The van der Waals surface area contributed by atoms with Crippen molar-refractivity contribution in [2.45, 2.75) is 23.9 Å². The van der Waals surface area contributed by atoms with Gasteiger partial charge in [-0.15, -0.1) is 0 Å². The van der Waals surface area contributed by atoms with E-state index in [1.54, 1.807) is 0 Å². The number of sulfonamides is 1. The zero-order valence-electron chi connectivity index (χ0n) is 12.2. The summed E-state index contributed by atoms with van der Waals surface area (Å²) in [5, 5.41) is 0. The third kappa shape index (κ3) is 5.07. The molecule has 0 saturated carbocycles. The molecule has 0 aliphatic rings. The highest BCUT2D eigenvalue weighted by molar-refractivity contribution is 7.89. The summed E-state index contributed by atoms with van der Waals surface area (Å²) in [4.78, 5) is -0.382. The Morgan fingerprint density at radius 3 is 2.30 bits per heavy atom. The van der Waals surface area contributed by atoms with Gasteiger partial charge in [-0.3, -0.25) is 0 Å². The van der Waals surface area contributed by atoms with Gasteiger partial charge >= 0.3 is 6.18 Å². The molecule has 0 aliphatic carbocycles. The molecule has 23 heavy (non-hydrogen) atoms. The average molecular weight is 343 g/mol. The molecular formula is C16H16F3NO2S. The van der Waals surface area contributed by atoms with Gasteiger partial charge in [0.2, 0.25) is 10.0 Å². The molecular weight excluding hydrogens is 327 g/mol. The minimum Gasteiger partial charge on any atom is -0.211 e. The number of alkyl halides is 3. The standard InChI is InChI=1S/C16H16F3NO2S/c17-16(18,19)14-9-4-10-15(12-14)23(21,22)20-11-5-8-13-6-2-1-3-7-13/h1-4,6-7,9-10,12,20H,5,8,11H2. The van der Waals surface area contributed by atoms with E-state index in [-0.39, 0.29) is 11.4 Å². The molecule has 0 spiro atoms. The number of benzene rings is 2. The van der Waals surface area contributed by atoms with E-state index in [9.17, 15) is 21.6 Å². The molecule has 0 aromatic heterocycles. The van der Waals surface area contributed by atoms with Gasteiger partial charge in [-0.1, -0.05) is 36.4 Å². The molecule has 1 N–H and O–H groups in total. The molecule has 2 aromatic carbocycles. The zero-order valence-corrected chi connectivity index (χ0v) is 13.0. The van der Waals surface area contributed by atoms with Gasteiger partial charge in [0.25, 0.3) is 0 Å². The lowest BCUT2D eigenvalue weighted by molar-refractivity contribution is -0.137. The second kappa shape index (κ2) is 7.14. The number of hydrogen-bond acceptors (Lipinski definition) is 2. The van der Waals surface area contributed by atoms with Crippen LogP contribution in [0.1, 0.15) is 17.5 Å². The lowest BCUT2D eigenvalue weighted by Gasteiger charge is -2.10. The monoisotopic (exact) mass is 343 g/mol. The maximum Gasteiger partial charge on any atom is 0.416 e. The van der Waals surface area contributed by atoms with E-state index in [0.717, 1.165) is 23.8 Å². The number of rotatable bonds is 6. The van der Waals surface area contributed by atoms with E-state index in [1.807, 2.05) is 30.3 Å². The summed E-state index contributed by atoms with van der Waals surface area (Å²) in [6, 6.07) is 13.2. The lowest BCUT2D eigenvalue weighted by Crippen LogP contribution is -2.25.